The molecule has 0 spiro atoms. The minimum Gasteiger partial charge on any atom is -0.464 e. The van der Waals surface area contributed by atoms with Gasteiger partial charge in [-0.05, 0) is 31.6 Å². The molecular weight excluding hydrogens is 236 g/mol. The predicted molar refractivity (Wildman–Crippen MR) is 65.8 cm³/mol. The number of hydrogen-bond donors (Lipinski definition) is 2. The average Bonchev–Trinajstić information content (AvgIpc) is 3.13. The van der Waals surface area contributed by atoms with E-state index in [1.165, 1.54) is 0 Å². The molecule has 18 heavy (non-hydrogen) atoms. The number of nitrogens with two attached hydrogens (primary N) is 1. The van der Waals surface area contributed by atoms with Crippen LogP contribution in [0.2, 0.25) is 0 Å². The van der Waals surface area contributed by atoms with Gasteiger partial charge in [0, 0.05) is 20.3 Å². The van der Waals surface area contributed by atoms with Crippen LogP contribution in [0.1, 0.15) is 26.2 Å². The smallest absolute Gasteiger partial charge is 0.332 e. The van der Waals surface area contributed by atoms with Crippen molar-refractivity contribution in [2.24, 2.45) is 11.1 Å². The first-order valence-corrected chi connectivity index (χ1v) is 6.23. The SMILES string of the molecule is CCOC(=O)C(N)C(=O)NCC1(CCOC)CC1. The van der Waals surface area contributed by atoms with Crippen LogP contribution in [0.5, 0.6) is 0 Å². The van der Waals surface area contributed by atoms with Gasteiger partial charge < -0.3 is 20.5 Å². The Morgan fingerprint density at radius 3 is 2.61 bits per heavy atom. The lowest BCUT2D eigenvalue weighted by Gasteiger charge is -2.17. The van der Waals surface area contributed by atoms with E-state index in [1.54, 1.807) is 14.0 Å². The van der Waals surface area contributed by atoms with Crippen molar-refractivity contribution in [1.82, 2.24) is 5.32 Å². The van der Waals surface area contributed by atoms with Crippen LogP contribution < -0.4 is 11.1 Å². The molecule has 104 valence electrons. The van der Waals surface area contributed by atoms with E-state index in [-0.39, 0.29) is 12.0 Å². The lowest BCUT2D eigenvalue weighted by atomic mass is 10.0. The topological polar surface area (TPSA) is 90.7 Å². The fraction of sp³-hybridized carbons (Fsp3) is 0.833. The second-order valence-corrected chi connectivity index (χ2v) is 4.69. The largest absolute Gasteiger partial charge is 0.464 e. The van der Waals surface area contributed by atoms with Crippen molar-refractivity contribution in [3.8, 4) is 0 Å². The van der Waals surface area contributed by atoms with Crippen molar-refractivity contribution in [2.75, 3.05) is 26.9 Å². The third-order valence-corrected chi connectivity index (χ3v) is 3.25. The Bertz CT molecular complexity index is 302. The zero-order valence-electron chi connectivity index (χ0n) is 11.0. The molecule has 0 aliphatic heterocycles. The Hall–Kier alpha value is -1.14. The summed E-state index contributed by atoms with van der Waals surface area (Å²) >= 11 is 0. The van der Waals surface area contributed by atoms with Crippen LogP contribution in [0.15, 0.2) is 0 Å². The standard InChI is InChI=1S/C12H22N2O4/c1-3-18-11(16)9(13)10(15)14-8-12(4-5-12)6-7-17-2/h9H,3-8,13H2,1-2H3,(H,14,15). The minimum atomic E-state index is -1.23. The van der Waals surface area contributed by atoms with Crippen LogP contribution in [-0.4, -0.2) is 44.8 Å². The summed E-state index contributed by atoms with van der Waals surface area (Å²) in [6.07, 6.45) is 3.06. The first kappa shape index (κ1) is 14.9. The monoisotopic (exact) mass is 258 g/mol. The maximum Gasteiger partial charge on any atom is 0.332 e. The molecule has 1 aliphatic carbocycles. The number of hydrogen-bond acceptors (Lipinski definition) is 5. The molecule has 0 aromatic carbocycles. The lowest BCUT2D eigenvalue weighted by Crippen LogP contribution is -2.48. The van der Waals surface area contributed by atoms with E-state index in [1.807, 2.05) is 0 Å². The van der Waals surface area contributed by atoms with Crippen LogP contribution >= 0.6 is 0 Å². The third kappa shape index (κ3) is 4.27. The number of amides is 1. The van der Waals surface area contributed by atoms with E-state index >= 15 is 0 Å². The quantitative estimate of drug-likeness (QED) is 0.465. The van der Waals surface area contributed by atoms with Gasteiger partial charge in [-0.15, -0.1) is 0 Å². The molecular formula is C12H22N2O4. The van der Waals surface area contributed by atoms with Crippen molar-refractivity contribution >= 4 is 11.9 Å². The summed E-state index contributed by atoms with van der Waals surface area (Å²) in [6.45, 7) is 3.12. The maximum absolute atomic E-state index is 11.6. The van der Waals surface area contributed by atoms with E-state index in [0.717, 1.165) is 19.3 Å². The molecule has 0 aromatic rings. The zero-order chi connectivity index (χ0) is 13.6. The Morgan fingerprint density at radius 2 is 2.11 bits per heavy atom. The van der Waals surface area contributed by atoms with Gasteiger partial charge in [-0.25, -0.2) is 4.79 Å². The predicted octanol–water partition coefficient (Wildman–Crippen LogP) is -0.190. The summed E-state index contributed by atoms with van der Waals surface area (Å²) in [4.78, 5) is 22.9. The molecule has 6 heteroatoms. The second kappa shape index (κ2) is 6.70. The Balaban J connectivity index is 2.30. The first-order chi connectivity index (χ1) is 8.54. The summed E-state index contributed by atoms with van der Waals surface area (Å²) < 4.78 is 9.72. The van der Waals surface area contributed by atoms with Crippen LogP contribution in [0, 0.1) is 5.41 Å². The lowest BCUT2D eigenvalue weighted by molar-refractivity contribution is -0.148. The van der Waals surface area contributed by atoms with Crippen molar-refractivity contribution in [1.29, 1.82) is 0 Å². The molecule has 6 nitrogen and oxygen atoms in total. The van der Waals surface area contributed by atoms with E-state index in [0.29, 0.717) is 13.2 Å². The molecule has 1 unspecified atom stereocenters. The van der Waals surface area contributed by atoms with Crippen LogP contribution in [-0.2, 0) is 19.1 Å². The molecule has 0 aromatic heterocycles. The first-order valence-electron chi connectivity index (χ1n) is 6.23. The third-order valence-electron chi connectivity index (χ3n) is 3.25. The normalized spacial score (nSPS) is 17.9. The molecule has 1 atom stereocenters. The van der Waals surface area contributed by atoms with Crippen LogP contribution in [0.25, 0.3) is 0 Å². The van der Waals surface area contributed by atoms with E-state index in [2.05, 4.69) is 5.32 Å². The Morgan fingerprint density at radius 1 is 1.44 bits per heavy atom. The van der Waals surface area contributed by atoms with E-state index in [4.69, 9.17) is 15.2 Å². The highest BCUT2D eigenvalue weighted by atomic mass is 16.5. The van der Waals surface area contributed by atoms with Crippen molar-refractivity contribution in [3.05, 3.63) is 0 Å². The van der Waals surface area contributed by atoms with E-state index in [9.17, 15) is 9.59 Å². The van der Waals surface area contributed by atoms with Crippen molar-refractivity contribution in [2.45, 2.75) is 32.2 Å². The second-order valence-electron chi connectivity index (χ2n) is 4.69. The summed E-state index contributed by atoms with van der Waals surface area (Å²) in [7, 11) is 1.66. The van der Waals surface area contributed by atoms with Crippen molar-refractivity contribution < 1.29 is 19.1 Å². The maximum atomic E-state index is 11.6. The molecule has 1 saturated carbocycles. The Labute approximate surface area is 107 Å². The van der Waals surface area contributed by atoms with Crippen LogP contribution in [0.3, 0.4) is 0 Å². The molecule has 1 amide bonds. The van der Waals surface area contributed by atoms with Gasteiger partial charge in [0.05, 0.1) is 6.61 Å². The summed E-state index contributed by atoms with van der Waals surface area (Å²) in [5.41, 5.74) is 5.62. The van der Waals surface area contributed by atoms with Crippen molar-refractivity contribution in [3.63, 3.8) is 0 Å². The van der Waals surface area contributed by atoms with Gasteiger partial charge in [-0.1, -0.05) is 0 Å². The number of ether oxygens (including phenoxy) is 2. The zero-order valence-corrected chi connectivity index (χ0v) is 11.0. The number of nitrogens with one attached hydrogen (secondary N) is 1. The molecule has 1 fully saturated rings. The molecule has 3 N–H and O–H groups in total. The van der Waals surface area contributed by atoms with Gasteiger partial charge in [0.15, 0.2) is 6.04 Å². The van der Waals surface area contributed by atoms with Gasteiger partial charge in [0.25, 0.3) is 0 Å². The van der Waals surface area contributed by atoms with Gasteiger partial charge in [-0.2, -0.15) is 0 Å². The highest BCUT2D eigenvalue weighted by molar-refractivity contribution is 6.01. The molecule has 0 heterocycles. The average molecular weight is 258 g/mol. The molecule has 1 aliphatic rings. The van der Waals surface area contributed by atoms with E-state index < -0.39 is 17.9 Å². The summed E-state index contributed by atoms with van der Waals surface area (Å²) in [5, 5.41) is 2.71. The highest BCUT2D eigenvalue weighted by Gasteiger charge is 2.42. The van der Waals surface area contributed by atoms with Gasteiger partial charge in [0.2, 0.25) is 5.91 Å². The van der Waals surface area contributed by atoms with Crippen LogP contribution in [0.4, 0.5) is 0 Å². The number of carbonyl (C=O) groups is 2. The molecule has 0 radical (unpaired) electrons. The van der Waals surface area contributed by atoms with Gasteiger partial charge >= 0.3 is 5.97 Å². The fourth-order valence-corrected chi connectivity index (χ4v) is 1.73. The number of esters is 1. The fourth-order valence-electron chi connectivity index (χ4n) is 1.73. The molecule has 0 saturated heterocycles. The minimum absolute atomic E-state index is 0.139. The number of rotatable bonds is 8. The summed E-state index contributed by atoms with van der Waals surface area (Å²) in [6, 6.07) is -1.23. The highest BCUT2D eigenvalue weighted by Crippen LogP contribution is 2.48. The number of carbonyl (C=O) groups excluding carboxylic acids is 2. The molecule has 0 bridgehead atoms. The Kier molecular flexibility index (Phi) is 5.55. The van der Waals surface area contributed by atoms with Gasteiger partial charge in [0.1, 0.15) is 0 Å². The van der Waals surface area contributed by atoms with Gasteiger partial charge in [-0.3, -0.25) is 4.79 Å². The summed E-state index contributed by atoms with van der Waals surface area (Å²) in [5.74, 6) is -1.16. The number of methoxy groups -OCH3 is 1. The molecule has 1 rings (SSSR count).